The molecule has 0 radical (unpaired) electrons. The molecule has 2 amide bonds. The Morgan fingerprint density at radius 3 is 2.46 bits per heavy atom. The molecule has 4 aromatic carbocycles. The van der Waals surface area contributed by atoms with Crippen molar-refractivity contribution >= 4 is 79.6 Å². The van der Waals surface area contributed by atoms with Gasteiger partial charge in [-0.15, -0.1) is 0 Å². The number of benzene rings is 4. The lowest BCUT2D eigenvalue weighted by Crippen LogP contribution is -2.27. The summed E-state index contributed by atoms with van der Waals surface area (Å²) in [4.78, 5) is 27.1. The summed E-state index contributed by atoms with van der Waals surface area (Å²) >= 11 is 9.06. The lowest BCUT2D eigenvalue weighted by molar-refractivity contribution is -0.113. The van der Waals surface area contributed by atoms with Crippen LogP contribution in [-0.2, 0) is 11.4 Å². The normalized spacial score (nSPS) is 14.6. The van der Waals surface area contributed by atoms with Gasteiger partial charge in [0.15, 0.2) is 11.5 Å². The SMILES string of the molecule is CCOc1cc(/C=C2/SC(=O)N(c3ccc(Cl)cc3)C2=O)cc(I)c1OCc1ccc2ccccc2c1. The Bertz CT molecular complexity index is 1540. The number of halogens is 2. The number of amides is 2. The van der Waals surface area contributed by atoms with E-state index in [0.717, 1.165) is 36.7 Å². The second-order valence-corrected chi connectivity index (χ2v) is 10.8. The second-order valence-electron chi connectivity index (χ2n) is 8.23. The summed E-state index contributed by atoms with van der Waals surface area (Å²) < 4.78 is 12.9. The standard InChI is InChI=1S/C29H21ClINO4S/c1-2-35-25-15-19(16-26-28(33)32(29(34)37-26)23-11-9-22(30)10-12-23)14-24(31)27(25)36-17-18-7-8-20-5-3-4-6-21(20)13-18/h3-16H,2,17H2,1H3/b26-16+. The predicted molar refractivity (Wildman–Crippen MR) is 159 cm³/mol. The molecule has 4 aromatic rings. The smallest absolute Gasteiger partial charge is 0.298 e. The minimum atomic E-state index is -0.373. The molecule has 0 bridgehead atoms. The van der Waals surface area contributed by atoms with Crippen LogP contribution in [0.25, 0.3) is 16.8 Å². The zero-order chi connectivity index (χ0) is 25.9. The number of ether oxygens (including phenoxy) is 2. The van der Waals surface area contributed by atoms with E-state index >= 15 is 0 Å². The number of carbonyl (C=O) groups excluding carboxylic acids is 2. The van der Waals surface area contributed by atoms with Crippen molar-refractivity contribution in [2.75, 3.05) is 11.5 Å². The van der Waals surface area contributed by atoms with E-state index in [0.29, 0.717) is 40.3 Å². The quantitative estimate of drug-likeness (QED) is 0.150. The highest BCUT2D eigenvalue weighted by atomic mass is 127. The molecule has 5 rings (SSSR count). The summed E-state index contributed by atoms with van der Waals surface area (Å²) in [7, 11) is 0. The number of anilines is 1. The Morgan fingerprint density at radius 2 is 1.70 bits per heavy atom. The second kappa shape index (κ2) is 11.2. The van der Waals surface area contributed by atoms with Crippen molar-refractivity contribution in [3.8, 4) is 11.5 Å². The number of thioether (sulfide) groups is 1. The molecule has 0 saturated carbocycles. The van der Waals surface area contributed by atoms with E-state index in [1.54, 1.807) is 30.3 Å². The van der Waals surface area contributed by atoms with E-state index in [4.69, 9.17) is 21.1 Å². The molecule has 1 aliphatic rings. The molecule has 1 aliphatic heterocycles. The average Bonchev–Trinajstić information content (AvgIpc) is 3.16. The first-order chi connectivity index (χ1) is 17.9. The molecule has 186 valence electrons. The van der Waals surface area contributed by atoms with E-state index in [2.05, 4.69) is 52.9 Å². The van der Waals surface area contributed by atoms with Crippen molar-refractivity contribution in [1.82, 2.24) is 0 Å². The van der Waals surface area contributed by atoms with Gasteiger partial charge in [0.1, 0.15) is 6.61 Å². The third kappa shape index (κ3) is 5.63. The van der Waals surface area contributed by atoms with E-state index < -0.39 is 0 Å². The third-order valence-corrected chi connectivity index (χ3v) is 7.63. The van der Waals surface area contributed by atoms with Crippen LogP contribution in [0.2, 0.25) is 5.02 Å². The highest BCUT2D eigenvalue weighted by Gasteiger charge is 2.36. The Hall–Kier alpha value is -3.01. The minimum absolute atomic E-state index is 0.336. The molecule has 5 nitrogen and oxygen atoms in total. The number of rotatable bonds is 7. The van der Waals surface area contributed by atoms with Crippen LogP contribution in [0, 0.1) is 3.57 Å². The largest absolute Gasteiger partial charge is 0.490 e. The summed E-state index contributed by atoms with van der Waals surface area (Å²) in [5.41, 5.74) is 2.28. The van der Waals surface area contributed by atoms with E-state index in [1.807, 2.05) is 31.2 Å². The van der Waals surface area contributed by atoms with Crippen LogP contribution in [-0.4, -0.2) is 17.8 Å². The van der Waals surface area contributed by atoms with Crippen LogP contribution < -0.4 is 14.4 Å². The van der Waals surface area contributed by atoms with Crippen LogP contribution in [0.15, 0.2) is 83.8 Å². The van der Waals surface area contributed by atoms with Gasteiger partial charge in [0.2, 0.25) is 0 Å². The minimum Gasteiger partial charge on any atom is -0.490 e. The van der Waals surface area contributed by atoms with Crippen molar-refractivity contribution in [1.29, 1.82) is 0 Å². The zero-order valence-electron chi connectivity index (χ0n) is 19.7. The van der Waals surface area contributed by atoms with Gasteiger partial charge in [-0.25, -0.2) is 4.90 Å². The molecule has 0 N–H and O–H groups in total. The highest BCUT2D eigenvalue weighted by molar-refractivity contribution is 14.1. The fourth-order valence-corrected chi connectivity index (χ4v) is 5.74. The summed E-state index contributed by atoms with van der Waals surface area (Å²) in [6.45, 7) is 2.75. The van der Waals surface area contributed by atoms with Gasteiger partial charge in [0, 0.05) is 5.02 Å². The molecular formula is C29H21ClINO4S. The van der Waals surface area contributed by atoms with Gasteiger partial charge in [-0.1, -0.05) is 48.0 Å². The Labute approximate surface area is 237 Å². The number of fused-ring (bicyclic) bond motifs is 1. The van der Waals surface area contributed by atoms with Crippen molar-refractivity contribution in [3.05, 3.63) is 103 Å². The maximum absolute atomic E-state index is 13.0. The lowest BCUT2D eigenvalue weighted by Gasteiger charge is -2.15. The summed E-state index contributed by atoms with van der Waals surface area (Å²) in [6.07, 6.45) is 1.71. The maximum Gasteiger partial charge on any atom is 0.298 e. The molecule has 37 heavy (non-hydrogen) atoms. The molecule has 0 aromatic heterocycles. The first kappa shape index (κ1) is 25.6. The fraction of sp³-hybridized carbons (Fsp3) is 0.103. The van der Waals surface area contributed by atoms with Gasteiger partial charge in [-0.05, 0) is 112 Å². The Kier molecular flexibility index (Phi) is 7.73. The molecule has 1 heterocycles. The molecule has 8 heteroatoms. The van der Waals surface area contributed by atoms with Crippen molar-refractivity contribution in [2.45, 2.75) is 13.5 Å². The van der Waals surface area contributed by atoms with Crippen LogP contribution in [0.1, 0.15) is 18.1 Å². The van der Waals surface area contributed by atoms with Crippen molar-refractivity contribution < 1.29 is 19.1 Å². The summed E-state index contributed by atoms with van der Waals surface area (Å²) in [6, 6.07) is 24.8. The molecule has 0 unspecified atom stereocenters. The third-order valence-electron chi connectivity index (χ3n) is 5.71. The Balaban J connectivity index is 1.39. The zero-order valence-corrected chi connectivity index (χ0v) is 23.5. The van der Waals surface area contributed by atoms with Crippen LogP contribution in [0.5, 0.6) is 11.5 Å². The first-order valence-corrected chi connectivity index (χ1v) is 13.8. The monoisotopic (exact) mass is 641 g/mol. The van der Waals surface area contributed by atoms with Crippen LogP contribution >= 0.6 is 46.0 Å². The molecule has 0 atom stereocenters. The average molecular weight is 642 g/mol. The number of imide groups is 1. The molecular weight excluding hydrogens is 621 g/mol. The number of carbonyl (C=O) groups is 2. The maximum atomic E-state index is 13.0. The van der Waals surface area contributed by atoms with E-state index in [-0.39, 0.29) is 11.1 Å². The fourth-order valence-electron chi connectivity index (χ4n) is 3.99. The highest BCUT2D eigenvalue weighted by Crippen LogP contribution is 2.39. The Morgan fingerprint density at radius 1 is 0.946 bits per heavy atom. The van der Waals surface area contributed by atoms with Gasteiger partial charge in [0.25, 0.3) is 11.1 Å². The number of hydrogen-bond acceptors (Lipinski definition) is 5. The number of nitrogens with zero attached hydrogens (tertiary/aromatic N) is 1. The van der Waals surface area contributed by atoms with Crippen LogP contribution in [0.4, 0.5) is 10.5 Å². The van der Waals surface area contributed by atoms with E-state index in [1.165, 1.54) is 5.39 Å². The summed E-state index contributed by atoms with van der Waals surface area (Å²) in [5, 5.41) is 2.52. The van der Waals surface area contributed by atoms with Crippen LogP contribution in [0.3, 0.4) is 0 Å². The lowest BCUT2D eigenvalue weighted by atomic mass is 10.1. The summed E-state index contributed by atoms with van der Waals surface area (Å²) in [5.74, 6) is 0.849. The van der Waals surface area contributed by atoms with Crippen molar-refractivity contribution in [3.63, 3.8) is 0 Å². The first-order valence-electron chi connectivity index (χ1n) is 11.5. The topological polar surface area (TPSA) is 55.8 Å². The molecule has 0 spiro atoms. The molecule has 1 fully saturated rings. The molecule has 1 saturated heterocycles. The van der Waals surface area contributed by atoms with E-state index in [9.17, 15) is 9.59 Å². The van der Waals surface area contributed by atoms with Gasteiger partial charge in [-0.3, -0.25) is 9.59 Å². The van der Waals surface area contributed by atoms with Gasteiger partial charge >= 0.3 is 0 Å². The predicted octanol–water partition coefficient (Wildman–Crippen LogP) is 8.32. The van der Waals surface area contributed by atoms with Gasteiger partial charge < -0.3 is 9.47 Å². The number of hydrogen-bond donors (Lipinski definition) is 0. The molecule has 0 aliphatic carbocycles. The van der Waals surface area contributed by atoms with Crippen molar-refractivity contribution in [2.24, 2.45) is 0 Å². The van der Waals surface area contributed by atoms with Gasteiger partial charge in [-0.2, -0.15) is 0 Å². The van der Waals surface area contributed by atoms with Gasteiger partial charge in [0.05, 0.1) is 20.8 Å².